The molecule has 0 aliphatic carbocycles. The van der Waals surface area contributed by atoms with Gasteiger partial charge in [0.1, 0.15) is 12.0 Å². The Balaban J connectivity index is 2.43. The van der Waals surface area contributed by atoms with Gasteiger partial charge in [-0.05, 0) is 25.5 Å². The Labute approximate surface area is 76.3 Å². The summed E-state index contributed by atoms with van der Waals surface area (Å²) in [6, 6.07) is 1.93. The minimum absolute atomic E-state index is 0.0505. The Morgan fingerprint density at radius 2 is 2.50 bits per heavy atom. The molecule has 2 nitrogen and oxygen atoms in total. The van der Waals surface area contributed by atoms with Crippen LogP contribution in [0.1, 0.15) is 18.2 Å². The Hall–Kier alpha value is -0.700. The van der Waals surface area contributed by atoms with Crippen LogP contribution in [0.2, 0.25) is 0 Å². The SMILES string of the molecule is Cc1ccoc1CSC(C)C=O. The van der Waals surface area contributed by atoms with E-state index in [1.54, 1.807) is 18.0 Å². The van der Waals surface area contributed by atoms with Gasteiger partial charge in [-0.2, -0.15) is 0 Å². The highest BCUT2D eigenvalue weighted by molar-refractivity contribution is 7.99. The Kier molecular flexibility index (Phi) is 3.41. The van der Waals surface area contributed by atoms with E-state index in [1.165, 1.54) is 0 Å². The van der Waals surface area contributed by atoms with Gasteiger partial charge in [0.05, 0.1) is 17.3 Å². The third-order valence-electron chi connectivity index (χ3n) is 1.64. The van der Waals surface area contributed by atoms with Gasteiger partial charge in [0.15, 0.2) is 0 Å². The highest BCUT2D eigenvalue weighted by atomic mass is 32.2. The monoisotopic (exact) mass is 184 g/mol. The van der Waals surface area contributed by atoms with Gasteiger partial charge in [-0.15, -0.1) is 11.8 Å². The van der Waals surface area contributed by atoms with E-state index in [2.05, 4.69) is 0 Å². The molecule has 1 rings (SSSR count). The van der Waals surface area contributed by atoms with Crippen LogP contribution in [0, 0.1) is 6.92 Å². The van der Waals surface area contributed by atoms with Crippen molar-refractivity contribution in [3.8, 4) is 0 Å². The molecular weight excluding hydrogens is 172 g/mol. The number of carbonyl (C=O) groups excluding carboxylic acids is 1. The highest BCUT2D eigenvalue weighted by Crippen LogP contribution is 2.19. The lowest BCUT2D eigenvalue weighted by molar-refractivity contribution is -0.107. The van der Waals surface area contributed by atoms with Crippen molar-refractivity contribution in [2.75, 3.05) is 0 Å². The van der Waals surface area contributed by atoms with Crippen LogP contribution in [0.5, 0.6) is 0 Å². The first kappa shape index (κ1) is 9.39. The normalized spacial score (nSPS) is 12.8. The van der Waals surface area contributed by atoms with Crippen molar-refractivity contribution in [1.29, 1.82) is 0 Å². The number of aldehydes is 1. The van der Waals surface area contributed by atoms with Gasteiger partial charge in [0.25, 0.3) is 0 Å². The van der Waals surface area contributed by atoms with E-state index < -0.39 is 0 Å². The largest absolute Gasteiger partial charge is 0.468 e. The van der Waals surface area contributed by atoms with Gasteiger partial charge in [0, 0.05) is 0 Å². The lowest BCUT2D eigenvalue weighted by Gasteiger charge is -2.01. The predicted molar refractivity (Wildman–Crippen MR) is 50.3 cm³/mol. The maximum Gasteiger partial charge on any atom is 0.132 e. The molecule has 0 aliphatic heterocycles. The van der Waals surface area contributed by atoms with E-state index in [1.807, 2.05) is 19.9 Å². The summed E-state index contributed by atoms with van der Waals surface area (Å²) in [7, 11) is 0. The number of furan rings is 1. The van der Waals surface area contributed by atoms with Crippen molar-refractivity contribution < 1.29 is 9.21 Å². The third kappa shape index (κ3) is 2.41. The van der Waals surface area contributed by atoms with Crippen molar-refractivity contribution in [3.05, 3.63) is 23.7 Å². The summed E-state index contributed by atoms with van der Waals surface area (Å²) in [6.07, 6.45) is 2.62. The number of thioether (sulfide) groups is 1. The number of hydrogen-bond donors (Lipinski definition) is 0. The fourth-order valence-electron chi connectivity index (χ4n) is 0.798. The summed E-state index contributed by atoms with van der Waals surface area (Å²) in [6.45, 7) is 3.89. The Bertz CT molecular complexity index is 255. The molecule has 0 amide bonds. The summed E-state index contributed by atoms with van der Waals surface area (Å²) in [5.41, 5.74) is 1.15. The smallest absolute Gasteiger partial charge is 0.132 e. The number of carbonyl (C=O) groups is 1. The fourth-order valence-corrected chi connectivity index (χ4v) is 1.59. The van der Waals surface area contributed by atoms with E-state index in [-0.39, 0.29) is 5.25 Å². The quantitative estimate of drug-likeness (QED) is 0.673. The lowest BCUT2D eigenvalue weighted by atomic mass is 10.3. The molecule has 1 unspecified atom stereocenters. The fraction of sp³-hybridized carbons (Fsp3) is 0.444. The molecule has 0 fully saturated rings. The molecular formula is C9H12O2S. The lowest BCUT2D eigenvalue weighted by Crippen LogP contribution is -1.97. The van der Waals surface area contributed by atoms with Crippen LogP contribution in [0.4, 0.5) is 0 Å². The molecule has 0 radical (unpaired) electrons. The number of hydrogen-bond acceptors (Lipinski definition) is 3. The second kappa shape index (κ2) is 4.36. The summed E-state index contributed by atoms with van der Waals surface area (Å²) in [5, 5.41) is 0.0505. The molecule has 12 heavy (non-hydrogen) atoms. The molecule has 0 aromatic carbocycles. The minimum atomic E-state index is 0.0505. The maximum atomic E-state index is 10.3. The van der Waals surface area contributed by atoms with E-state index in [0.29, 0.717) is 0 Å². The minimum Gasteiger partial charge on any atom is -0.468 e. The van der Waals surface area contributed by atoms with Crippen molar-refractivity contribution >= 4 is 18.0 Å². The Morgan fingerprint density at radius 3 is 3.00 bits per heavy atom. The van der Waals surface area contributed by atoms with Gasteiger partial charge in [0.2, 0.25) is 0 Å². The molecule has 3 heteroatoms. The molecule has 0 spiro atoms. The predicted octanol–water partition coefficient (Wildman–Crippen LogP) is 2.41. The average molecular weight is 184 g/mol. The first-order valence-electron chi connectivity index (χ1n) is 3.84. The zero-order valence-corrected chi connectivity index (χ0v) is 8.06. The van der Waals surface area contributed by atoms with Crippen LogP contribution in [0.15, 0.2) is 16.7 Å². The number of aryl methyl sites for hydroxylation is 1. The average Bonchev–Trinajstić information content (AvgIpc) is 2.47. The summed E-state index contributed by atoms with van der Waals surface area (Å²) in [5.74, 6) is 1.74. The van der Waals surface area contributed by atoms with Crippen LogP contribution in [0.25, 0.3) is 0 Å². The highest BCUT2D eigenvalue weighted by Gasteiger charge is 2.05. The van der Waals surface area contributed by atoms with Gasteiger partial charge in [-0.25, -0.2) is 0 Å². The zero-order chi connectivity index (χ0) is 8.97. The van der Waals surface area contributed by atoms with Gasteiger partial charge >= 0.3 is 0 Å². The van der Waals surface area contributed by atoms with Crippen molar-refractivity contribution in [2.24, 2.45) is 0 Å². The first-order chi connectivity index (χ1) is 5.74. The van der Waals surface area contributed by atoms with Gasteiger partial charge in [-0.1, -0.05) is 0 Å². The van der Waals surface area contributed by atoms with Crippen molar-refractivity contribution in [2.45, 2.75) is 24.9 Å². The maximum absolute atomic E-state index is 10.3. The summed E-state index contributed by atoms with van der Waals surface area (Å²) in [4.78, 5) is 10.3. The van der Waals surface area contributed by atoms with Crippen LogP contribution in [-0.2, 0) is 10.5 Å². The molecule has 1 atom stereocenters. The molecule has 0 saturated carbocycles. The van der Waals surface area contributed by atoms with E-state index in [4.69, 9.17) is 4.42 Å². The standard InChI is InChI=1S/C9H12O2S/c1-7-3-4-11-9(7)6-12-8(2)5-10/h3-5,8H,6H2,1-2H3. The van der Waals surface area contributed by atoms with Crippen LogP contribution in [0.3, 0.4) is 0 Å². The van der Waals surface area contributed by atoms with Gasteiger partial charge in [-0.3, -0.25) is 0 Å². The van der Waals surface area contributed by atoms with Crippen molar-refractivity contribution in [3.63, 3.8) is 0 Å². The third-order valence-corrected chi connectivity index (χ3v) is 2.70. The molecule has 66 valence electrons. The van der Waals surface area contributed by atoms with Crippen LogP contribution in [-0.4, -0.2) is 11.5 Å². The first-order valence-corrected chi connectivity index (χ1v) is 4.88. The molecule has 0 bridgehead atoms. The molecule has 1 heterocycles. The summed E-state index contributed by atoms with van der Waals surface area (Å²) < 4.78 is 5.22. The molecule has 1 aromatic heterocycles. The molecule has 1 aromatic rings. The zero-order valence-electron chi connectivity index (χ0n) is 7.24. The molecule has 0 aliphatic rings. The van der Waals surface area contributed by atoms with E-state index >= 15 is 0 Å². The Morgan fingerprint density at radius 1 is 1.75 bits per heavy atom. The van der Waals surface area contributed by atoms with E-state index in [9.17, 15) is 4.79 Å². The second-order valence-corrected chi connectivity index (χ2v) is 4.04. The van der Waals surface area contributed by atoms with Crippen LogP contribution < -0.4 is 0 Å². The van der Waals surface area contributed by atoms with E-state index in [0.717, 1.165) is 23.4 Å². The topological polar surface area (TPSA) is 30.2 Å². The van der Waals surface area contributed by atoms with Crippen molar-refractivity contribution in [1.82, 2.24) is 0 Å². The van der Waals surface area contributed by atoms with Gasteiger partial charge < -0.3 is 9.21 Å². The number of rotatable bonds is 4. The molecule has 0 saturated heterocycles. The van der Waals surface area contributed by atoms with Crippen LogP contribution >= 0.6 is 11.8 Å². The second-order valence-electron chi connectivity index (χ2n) is 2.68. The molecule has 0 N–H and O–H groups in total. The summed E-state index contributed by atoms with van der Waals surface area (Å²) >= 11 is 1.59.